The maximum Gasteiger partial charge on any atom is 0.262 e. The minimum absolute atomic E-state index is 0.176. The van der Waals surface area contributed by atoms with Gasteiger partial charge >= 0.3 is 0 Å². The van der Waals surface area contributed by atoms with Crippen molar-refractivity contribution in [1.29, 1.82) is 0 Å². The van der Waals surface area contributed by atoms with E-state index >= 15 is 0 Å². The molecule has 1 aliphatic rings. The number of thioether (sulfide) groups is 1. The number of halogens is 3. The summed E-state index contributed by atoms with van der Waals surface area (Å²) in [5.41, 5.74) is 3.08. The summed E-state index contributed by atoms with van der Waals surface area (Å²) in [5.74, 6) is 2.39. The van der Waals surface area contributed by atoms with Gasteiger partial charge in [0.1, 0.15) is 5.75 Å². The first-order valence-corrected chi connectivity index (χ1v) is 11.2. The van der Waals surface area contributed by atoms with E-state index in [4.69, 9.17) is 39.5 Å². The van der Waals surface area contributed by atoms with Crippen molar-refractivity contribution in [2.24, 2.45) is 0 Å². The summed E-state index contributed by atoms with van der Waals surface area (Å²) in [6.07, 6.45) is 0. The molecule has 1 amide bonds. The summed E-state index contributed by atoms with van der Waals surface area (Å²) in [5, 5.41) is 3.88. The van der Waals surface area contributed by atoms with Gasteiger partial charge in [-0.1, -0.05) is 46.9 Å². The molecule has 0 aromatic heterocycles. The van der Waals surface area contributed by atoms with E-state index in [1.165, 1.54) is 29.2 Å². The molecule has 3 rings (SSSR count). The van der Waals surface area contributed by atoms with Crippen LogP contribution in [0.15, 0.2) is 30.3 Å². The fourth-order valence-corrected chi connectivity index (χ4v) is 4.50. The zero-order valence-corrected chi connectivity index (χ0v) is 18.5. The molecule has 0 radical (unpaired) electrons. The number of amides is 1. The van der Waals surface area contributed by atoms with Crippen molar-refractivity contribution in [3.8, 4) is 5.75 Å². The highest BCUT2D eigenvalue weighted by atomic mass is 35.5. The number of carbonyl (C=O) groups excluding carboxylic acids is 1. The molecule has 0 spiro atoms. The van der Waals surface area contributed by atoms with E-state index in [-0.39, 0.29) is 12.5 Å². The van der Waals surface area contributed by atoms with Crippen molar-refractivity contribution in [2.45, 2.75) is 13.5 Å². The molecule has 0 aliphatic carbocycles. The molecule has 0 bridgehead atoms. The number of nitrogens with zero attached hydrogens (tertiary/aromatic N) is 1. The fourth-order valence-electron chi connectivity index (χ4n) is 2.93. The van der Waals surface area contributed by atoms with E-state index in [0.717, 1.165) is 30.9 Å². The fraction of sp³-hybridized carbons (Fsp3) is 0.350. The first-order chi connectivity index (χ1) is 13.4. The van der Waals surface area contributed by atoms with Gasteiger partial charge in [0.25, 0.3) is 5.91 Å². The molecular weight excluding hydrogens is 439 g/mol. The van der Waals surface area contributed by atoms with Crippen LogP contribution in [0.2, 0.25) is 15.1 Å². The van der Waals surface area contributed by atoms with Gasteiger partial charge in [0.15, 0.2) is 6.61 Å². The van der Waals surface area contributed by atoms with Crippen LogP contribution in [0.1, 0.15) is 11.1 Å². The van der Waals surface area contributed by atoms with Crippen molar-refractivity contribution in [3.05, 3.63) is 56.5 Å². The molecule has 1 aliphatic heterocycles. The molecule has 28 heavy (non-hydrogen) atoms. The Hall–Kier alpha value is -1.11. The van der Waals surface area contributed by atoms with E-state index in [9.17, 15) is 4.79 Å². The molecule has 2 aromatic rings. The van der Waals surface area contributed by atoms with Gasteiger partial charge in [0, 0.05) is 42.9 Å². The van der Waals surface area contributed by atoms with Crippen molar-refractivity contribution in [3.63, 3.8) is 0 Å². The van der Waals surface area contributed by atoms with Gasteiger partial charge in [-0.15, -0.1) is 0 Å². The second kappa shape index (κ2) is 10.1. The molecule has 2 aromatic carbocycles. The van der Waals surface area contributed by atoms with Gasteiger partial charge < -0.3 is 10.1 Å². The van der Waals surface area contributed by atoms with Gasteiger partial charge in [-0.25, -0.2) is 0 Å². The standard InChI is InChI=1S/C20H21Cl3N2O2S/c1-13-14(11-25-5-7-28-8-6-25)3-2-4-18(13)24-20(26)12-27-19-10-16(22)15(21)9-17(19)23/h2-4,9-10H,5-8,11-12H2,1H3,(H,24,26). The number of carbonyl (C=O) groups is 1. The SMILES string of the molecule is Cc1c(CN2CCSCC2)cccc1NC(=O)COc1cc(Cl)c(Cl)cc1Cl. The number of nitrogens with one attached hydrogen (secondary N) is 1. The van der Waals surface area contributed by atoms with Crippen LogP contribution in [0.25, 0.3) is 0 Å². The highest BCUT2D eigenvalue weighted by Gasteiger charge is 2.14. The number of ether oxygens (including phenoxy) is 1. The van der Waals surface area contributed by atoms with Crippen LogP contribution >= 0.6 is 46.6 Å². The third kappa shape index (κ3) is 5.71. The molecule has 0 unspecified atom stereocenters. The van der Waals surface area contributed by atoms with Crippen molar-refractivity contribution >= 4 is 58.2 Å². The topological polar surface area (TPSA) is 41.6 Å². The molecular formula is C20H21Cl3N2O2S. The normalized spacial score (nSPS) is 14.7. The van der Waals surface area contributed by atoms with E-state index in [1.54, 1.807) is 0 Å². The predicted molar refractivity (Wildman–Crippen MR) is 119 cm³/mol. The van der Waals surface area contributed by atoms with Crippen LogP contribution in [0.3, 0.4) is 0 Å². The lowest BCUT2D eigenvalue weighted by Gasteiger charge is -2.27. The van der Waals surface area contributed by atoms with Gasteiger partial charge in [-0.05, 0) is 30.2 Å². The highest BCUT2D eigenvalue weighted by Crippen LogP contribution is 2.33. The Morgan fingerprint density at radius 2 is 1.86 bits per heavy atom. The number of rotatable bonds is 6. The molecule has 0 saturated carbocycles. The van der Waals surface area contributed by atoms with Crippen molar-refractivity contribution in [2.75, 3.05) is 36.5 Å². The maximum atomic E-state index is 12.4. The highest BCUT2D eigenvalue weighted by molar-refractivity contribution is 7.99. The van der Waals surface area contributed by atoms with Crippen LogP contribution < -0.4 is 10.1 Å². The second-order valence-corrected chi connectivity index (χ2v) is 8.96. The Morgan fingerprint density at radius 3 is 2.61 bits per heavy atom. The first kappa shape index (κ1) is 21.6. The van der Waals surface area contributed by atoms with Gasteiger partial charge in [-0.2, -0.15) is 11.8 Å². The van der Waals surface area contributed by atoms with Gasteiger partial charge in [0.05, 0.1) is 15.1 Å². The van der Waals surface area contributed by atoms with Crippen LogP contribution in [-0.4, -0.2) is 42.0 Å². The Kier molecular flexibility index (Phi) is 7.77. The van der Waals surface area contributed by atoms with E-state index in [2.05, 4.69) is 16.3 Å². The van der Waals surface area contributed by atoms with Crippen molar-refractivity contribution in [1.82, 2.24) is 4.90 Å². The Bertz CT molecular complexity index is 858. The molecule has 1 N–H and O–H groups in total. The lowest BCUT2D eigenvalue weighted by atomic mass is 10.1. The lowest BCUT2D eigenvalue weighted by molar-refractivity contribution is -0.118. The molecule has 4 nitrogen and oxygen atoms in total. The number of anilines is 1. The van der Waals surface area contributed by atoms with Crippen molar-refractivity contribution < 1.29 is 9.53 Å². The molecule has 1 saturated heterocycles. The van der Waals surface area contributed by atoms with Crippen LogP contribution in [0, 0.1) is 6.92 Å². The average Bonchev–Trinajstić information content (AvgIpc) is 2.67. The Labute approximate surface area is 184 Å². The minimum atomic E-state index is -0.267. The molecule has 1 fully saturated rings. The Balaban J connectivity index is 1.61. The van der Waals surface area contributed by atoms with Crippen LogP contribution in [0.4, 0.5) is 5.69 Å². The summed E-state index contributed by atoms with van der Waals surface area (Å²) in [6.45, 7) is 4.94. The van der Waals surface area contributed by atoms with Gasteiger partial charge in [0.2, 0.25) is 0 Å². The largest absolute Gasteiger partial charge is 0.482 e. The number of benzene rings is 2. The zero-order chi connectivity index (χ0) is 20.1. The van der Waals surface area contributed by atoms with Crippen LogP contribution in [0.5, 0.6) is 5.75 Å². The predicted octanol–water partition coefficient (Wildman–Crippen LogP) is 5.52. The summed E-state index contributed by atoms with van der Waals surface area (Å²) < 4.78 is 5.50. The Morgan fingerprint density at radius 1 is 1.14 bits per heavy atom. The second-order valence-electron chi connectivity index (χ2n) is 6.51. The van der Waals surface area contributed by atoms with E-state index < -0.39 is 0 Å². The molecule has 0 atom stereocenters. The van der Waals surface area contributed by atoms with E-state index in [0.29, 0.717) is 20.8 Å². The minimum Gasteiger partial charge on any atom is -0.482 e. The average molecular weight is 460 g/mol. The molecule has 150 valence electrons. The summed E-state index contributed by atoms with van der Waals surface area (Å²) in [7, 11) is 0. The smallest absolute Gasteiger partial charge is 0.262 e. The zero-order valence-electron chi connectivity index (χ0n) is 15.4. The quantitative estimate of drug-likeness (QED) is 0.577. The molecule has 8 heteroatoms. The third-order valence-corrected chi connectivity index (χ3v) is 6.51. The third-order valence-electron chi connectivity index (χ3n) is 4.55. The van der Waals surface area contributed by atoms with Gasteiger partial charge in [-0.3, -0.25) is 9.69 Å². The monoisotopic (exact) mass is 458 g/mol. The van der Waals surface area contributed by atoms with E-state index in [1.807, 2.05) is 30.8 Å². The summed E-state index contributed by atoms with van der Waals surface area (Å²) >= 11 is 19.9. The summed E-state index contributed by atoms with van der Waals surface area (Å²) in [4.78, 5) is 14.8. The number of hydrogen-bond acceptors (Lipinski definition) is 4. The lowest BCUT2D eigenvalue weighted by Crippen LogP contribution is -2.32. The van der Waals surface area contributed by atoms with Crippen LogP contribution in [-0.2, 0) is 11.3 Å². The maximum absolute atomic E-state index is 12.4. The molecule has 1 heterocycles. The number of hydrogen-bond donors (Lipinski definition) is 1. The summed E-state index contributed by atoms with van der Waals surface area (Å²) in [6, 6.07) is 8.97. The first-order valence-electron chi connectivity index (χ1n) is 8.90.